The molecule has 1 aliphatic heterocycles. The lowest BCUT2D eigenvalue weighted by Gasteiger charge is -2.35. The van der Waals surface area contributed by atoms with Crippen LogP contribution in [0.25, 0.3) is 0 Å². The molecule has 0 spiro atoms. The van der Waals surface area contributed by atoms with E-state index in [0.29, 0.717) is 6.04 Å². The van der Waals surface area contributed by atoms with Crippen LogP contribution in [0, 0.1) is 6.92 Å². The lowest BCUT2D eigenvalue weighted by atomic mass is 10.0. The SMILES string of the molecule is Cc1cnc(N2CCCCC2CCBr)nc1. The van der Waals surface area contributed by atoms with Crippen LogP contribution in [0.15, 0.2) is 12.4 Å². The Morgan fingerprint density at radius 3 is 2.81 bits per heavy atom. The van der Waals surface area contributed by atoms with Crippen LogP contribution < -0.4 is 4.90 Å². The van der Waals surface area contributed by atoms with E-state index >= 15 is 0 Å². The Bertz CT molecular complexity index is 324. The van der Waals surface area contributed by atoms with Crippen LogP contribution in [0.1, 0.15) is 31.2 Å². The van der Waals surface area contributed by atoms with Gasteiger partial charge in [-0.25, -0.2) is 9.97 Å². The Kier molecular flexibility index (Phi) is 4.16. The molecule has 0 aromatic carbocycles. The van der Waals surface area contributed by atoms with Crippen molar-refractivity contribution in [3.63, 3.8) is 0 Å². The maximum atomic E-state index is 4.43. The van der Waals surface area contributed by atoms with E-state index in [9.17, 15) is 0 Å². The first-order chi connectivity index (χ1) is 7.81. The van der Waals surface area contributed by atoms with Crippen LogP contribution >= 0.6 is 15.9 Å². The van der Waals surface area contributed by atoms with Gasteiger partial charge in [0.15, 0.2) is 0 Å². The quantitative estimate of drug-likeness (QED) is 0.799. The largest absolute Gasteiger partial charge is 0.338 e. The molecule has 1 unspecified atom stereocenters. The molecular weight excluding hydrogens is 266 g/mol. The molecule has 3 nitrogen and oxygen atoms in total. The number of hydrogen-bond donors (Lipinski definition) is 0. The van der Waals surface area contributed by atoms with Crippen molar-refractivity contribution in [2.45, 2.75) is 38.6 Å². The molecule has 2 rings (SSSR count). The minimum atomic E-state index is 0.607. The van der Waals surface area contributed by atoms with Gasteiger partial charge < -0.3 is 4.90 Å². The summed E-state index contributed by atoms with van der Waals surface area (Å²) in [6.07, 6.45) is 8.85. The highest BCUT2D eigenvalue weighted by molar-refractivity contribution is 9.09. The van der Waals surface area contributed by atoms with Gasteiger partial charge in [0.1, 0.15) is 0 Å². The number of alkyl halides is 1. The standard InChI is InChI=1S/C12H18BrN3/c1-10-8-14-12(15-9-10)16-7-3-2-4-11(16)5-6-13/h8-9,11H,2-7H2,1H3. The normalized spacial score (nSPS) is 21.1. The van der Waals surface area contributed by atoms with E-state index in [1.54, 1.807) is 0 Å². The zero-order valence-corrected chi connectivity index (χ0v) is 11.3. The fourth-order valence-corrected chi connectivity index (χ4v) is 2.75. The lowest BCUT2D eigenvalue weighted by Crippen LogP contribution is -2.40. The average Bonchev–Trinajstić information content (AvgIpc) is 2.32. The van der Waals surface area contributed by atoms with Gasteiger partial charge in [-0.2, -0.15) is 0 Å². The second-order valence-electron chi connectivity index (χ2n) is 4.38. The summed E-state index contributed by atoms with van der Waals surface area (Å²) in [5.41, 5.74) is 1.12. The van der Waals surface area contributed by atoms with Crippen molar-refractivity contribution in [2.24, 2.45) is 0 Å². The van der Waals surface area contributed by atoms with E-state index < -0.39 is 0 Å². The zero-order valence-electron chi connectivity index (χ0n) is 9.69. The first kappa shape index (κ1) is 11.8. The monoisotopic (exact) mass is 283 g/mol. The second-order valence-corrected chi connectivity index (χ2v) is 5.17. The van der Waals surface area contributed by atoms with E-state index in [1.807, 2.05) is 19.3 Å². The van der Waals surface area contributed by atoms with Crippen molar-refractivity contribution >= 4 is 21.9 Å². The molecule has 1 fully saturated rings. The molecule has 0 saturated carbocycles. The van der Waals surface area contributed by atoms with Crippen molar-refractivity contribution in [1.82, 2.24) is 9.97 Å². The average molecular weight is 284 g/mol. The van der Waals surface area contributed by atoms with E-state index in [2.05, 4.69) is 30.8 Å². The van der Waals surface area contributed by atoms with Gasteiger partial charge in [-0.3, -0.25) is 0 Å². The molecule has 16 heavy (non-hydrogen) atoms. The Labute approximate surface area is 105 Å². The van der Waals surface area contributed by atoms with E-state index in [-0.39, 0.29) is 0 Å². The molecule has 0 bridgehead atoms. The molecule has 4 heteroatoms. The van der Waals surface area contributed by atoms with Crippen molar-refractivity contribution in [3.05, 3.63) is 18.0 Å². The summed E-state index contributed by atoms with van der Waals surface area (Å²) < 4.78 is 0. The zero-order chi connectivity index (χ0) is 11.4. The van der Waals surface area contributed by atoms with Crippen LogP contribution in [-0.2, 0) is 0 Å². The van der Waals surface area contributed by atoms with Gasteiger partial charge in [0.2, 0.25) is 5.95 Å². The van der Waals surface area contributed by atoms with Gasteiger partial charge in [0.25, 0.3) is 0 Å². The van der Waals surface area contributed by atoms with Crippen LogP contribution in [0.5, 0.6) is 0 Å². The van der Waals surface area contributed by atoms with E-state index in [1.165, 1.54) is 25.7 Å². The molecule has 88 valence electrons. The topological polar surface area (TPSA) is 29.0 Å². The number of aromatic nitrogens is 2. The molecule has 0 radical (unpaired) electrons. The Balaban J connectivity index is 2.13. The summed E-state index contributed by atoms with van der Waals surface area (Å²) in [5, 5.41) is 1.06. The summed E-state index contributed by atoms with van der Waals surface area (Å²) in [7, 11) is 0. The van der Waals surface area contributed by atoms with Crippen LogP contribution in [0.3, 0.4) is 0 Å². The van der Waals surface area contributed by atoms with Crippen LogP contribution in [0.4, 0.5) is 5.95 Å². The number of piperidine rings is 1. The molecule has 0 amide bonds. The molecule has 1 aromatic rings. The van der Waals surface area contributed by atoms with Gasteiger partial charge in [0, 0.05) is 30.3 Å². The predicted octanol–water partition coefficient (Wildman–Crippen LogP) is 2.93. The molecular formula is C12H18BrN3. The van der Waals surface area contributed by atoms with Crippen LogP contribution in [0.2, 0.25) is 0 Å². The smallest absolute Gasteiger partial charge is 0.225 e. The first-order valence-electron chi connectivity index (χ1n) is 5.92. The highest BCUT2D eigenvalue weighted by atomic mass is 79.9. The minimum absolute atomic E-state index is 0.607. The first-order valence-corrected chi connectivity index (χ1v) is 7.04. The van der Waals surface area contributed by atoms with Crippen molar-refractivity contribution in [1.29, 1.82) is 0 Å². The van der Waals surface area contributed by atoms with Gasteiger partial charge in [-0.15, -0.1) is 0 Å². The second kappa shape index (κ2) is 5.62. The molecule has 2 heterocycles. The van der Waals surface area contributed by atoms with Crippen molar-refractivity contribution in [3.8, 4) is 0 Å². The van der Waals surface area contributed by atoms with Gasteiger partial charge >= 0.3 is 0 Å². The molecule has 0 aliphatic carbocycles. The van der Waals surface area contributed by atoms with Crippen molar-refractivity contribution < 1.29 is 0 Å². The maximum absolute atomic E-state index is 4.43. The number of anilines is 1. The maximum Gasteiger partial charge on any atom is 0.225 e. The van der Waals surface area contributed by atoms with Crippen molar-refractivity contribution in [2.75, 3.05) is 16.8 Å². The number of halogens is 1. The molecule has 1 saturated heterocycles. The number of rotatable bonds is 3. The predicted molar refractivity (Wildman–Crippen MR) is 70.2 cm³/mol. The molecule has 1 atom stereocenters. The van der Waals surface area contributed by atoms with Gasteiger partial charge in [-0.1, -0.05) is 15.9 Å². The highest BCUT2D eigenvalue weighted by Crippen LogP contribution is 2.23. The van der Waals surface area contributed by atoms with E-state index in [4.69, 9.17) is 0 Å². The Morgan fingerprint density at radius 2 is 2.12 bits per heavy atom. The number of hydrogen-bond acceptors (Lipinski definition) is 3. The Morgan fingerprint density at radius 1 is 1.38 bits per heavy atom. The third kappa shape index (κ3) is 2.73. The summed E-state index contributed by atoms with van der Waals surface area (Å²) in [6, 6.07) is 0.607. The van der Waals surface area contributed by atoms with Gasteiger partial charge in [-0.05, 0) is 38.2 Å². The highest BCUT2D eigenvalue weighted by Gasteiger charge is 2.23. The third-order valence-corrected chi connectivity index (χ3v) is 3.55. The van der Waals surface area contributed by atoms with E-state index in [0.717, 1.165) is 23.4 Å². The fraction of sp³-hybridized carbons (Fsp3) is 0.667. The number of aryl methyl sites for hydroxylation is 1. The molecule has 1 aromatic heterocycles. The summed E-state index contributed by atoms with van der Waals surface area (Å²) in [6.45, 7) is 3.12. The van der Waals surface area contributed by atoms with Gasteiger partial charge in [0.05, 0.1) is 0 Å². The minimum Gasteiger partial charge on any atom is -0.338 e. The number of nitrogens with zero attached hydrogens (tertiary/aromatic N) is 3. The molecule has 1 aliphatic rings. The third-order valence-electron chi connectivity index (χ3n) is 3.09. The summed E-state index contributed by atoms with van der Waals surface area (Å²) >= 11 is 3.53. The fourth-order valence-electron chi connectivity index (χ4n) is 2.22. The lowest BCUT2D eigenvalue weighted by molar-refractivity contribution is 0.445. The molecule has 0 N–H and O–H groups in total. The summed E-state index contributed by atoms with van der Waals surface area (Å²) in [4.78, 5) is 11.2. The van der Waals surface area contributed by atoms with Crippen LogP contribution in [-0.4, -0.2) is 27.9 Å². The summed E-state index contributed by atoms with van der Waals surface area (Å²) in [5.74, 6) is 0.899. The Hall–Kier alpha value is -0.640.